The smallest absolute Gasteiger partial charge is 0.261 e. The number of nitrogens with zero attached hydrogens (tertiary/aromatic N) is 3. The molecule has 2 aliphatic rings. The number of unbranched alkanes of at least 4 members (excludes halogenated alkanes) is 5. The molecular weight excluding hydrogens is 745 g/mol. The van der Waals surface area contributed by atoms with Crippen molar-refractivity contribution in [2.45, 2.75) is 121 Å². The Balaban J connectivity index is 1.36. The molecular formula is C42H60N8O8. The van der Waals surface area contributed by atoms with Crippen molar-refractivity contribution in [3.63, 3.8) is 0 Å². The lowest BCUT2D eigenvalue weighted by Crippen LogP contribution is -2.57. The fraction of sp³-hybridized carbons (Fsp3) is 0.571. The summed E-state index contributed by atoms with van der Waals surface area (Å²) in [7, 11) is 0. The van der Waals surface area contributed by atoms with Crippen LogP contribution in [0.2, 0.25) is 0 Å². The second kappa shape index (κ2) is 23.8. The summed E-state index contributed by atoms with van der Waals surface area (Å²) < 4.78 is 0. The maximum Gasteiger partial charge on any atom is 0.261 e. The molecule has 1 heterocycles. The Morgan fingerprint density at radius 3 is 2.12 bits per heavy atom. The van der Waals surface area contributed by atoms with Gasteiger partial charge in [0.25, 0.3) is 23.7 Å². The van der Waals surface area contributed by atoms with Gasteiger partial charge in [-0.05, 0) is 75.0 Å². The van der Waals surface area contributed by atoms with E-state index >= 15 is 0 Å². The lowest BCUT2D eigenvalue weighted by Gasteiger charge is -2.29. The van der Waals surface area contributed by atoms with E-state index in [1.807, 2.05) is 37.3 Å². The lowest BCUT2D eigenvalue weighted by molar-refractivity contribution is -0.525. The molecule has 0 spiro atoms. The predicted molar refractivity (Wildman–Crippen MR) is 219 cm³/mol. The Morgan fingerprint density at radius 1 is 0.862 bits per heavy atom. The van der Waals surface area contributed by atoms with Crippen LogP contribution >= 0.6 is 0 Å². The van der Waals surface area contributed by atoms with E-state index in [2.05, 4.69) is 20.9 Å². The van der Waals surface area contributed by atoms with Gasteiger partial charge < -0.3 is 26.8 Å². The summed E-state index contributed by atoms with van der Waals surface area (Å²) in [4.78, 5) is 82.4. The summed E-state index contributed by atoms with van der Waals surface area (Å²) in [6, 6.07) is 14.0. The number of hydrogen-bond donors (Lipinski definition) is 6. The Kier molecular flexibility index (Phi) is 18.6. The molecule has 2 aromatic carbocycles. The normalized spacial score (nSPS) is 16.3. The van der Waals surface area contributed by atoms with Crippen molar-refractivity contribution in [3.8, 4) is 0 Å². The third-order valence-corrected chi connectivity index (χ3v) is 10.9. The van der Waals surface area contributed by atoms with Crippen LogP contribution in [-0.2, 0) is 20.8 Å². The van der Waals surface area contributed by atoms with Crippen LogP contribution in [0.1, 0.15) is 123 Å². The van der Waals surface area contributed by atoms with Gasteiger partial charge in [-0.25, -0.2) is 15.1 Å². The van der Waals surface area contributed by atoms with Crippen LogP contribution in [0, 0.1) is 22.0 Å². The molecule has 1 fully saturated rings. The zero-order valence-corrected chi connectivity index (χ0v) is 33.5. The molecule has 16 nitrogen and oxygen atoms in total. The van der Waals surface area contributed by atoms with Crippen molar-refractivity contribution in [2.75, 3.05) is 19.6 Å². The second-order valence-electron chi connectivity index (χ2n) is 15.2. The number of nitro groups is 1. The Labute approximate surface area is 340 Å². The van der Waals surface area contributed by atoms with E-state index in [1.54, 1.807) is 29.7 Å². The highest BCUT2D eigenvalue weighted by molar-refractivity contribution is 6.21. The van der Waals surface area contributed by atoms with E-state index in [0.29, 0.717) is 37.1 Å². The number of imide groups is 1. The van der Waals surface area contributed by atoms with Gasteiger partial charge in [-0.3, -0.25) is 28.9 Å². The molecule has 2 aromatic rings. The summed E-state index contributed by atoms with van der Waals surface area (Å²) in [5.74, 6) is -2.40. The number of hydrazine groups is 1. The summed E-state index contributed by atoms with van der Waals surface area (Å²) in [6.45, 7) is 2.68. The van der Waals surface area contributed by atoms with Crippen LogP contribution in [0.15, 0.2) is 59.6 Å². The molecule has 0 aromatic heterocycles. The summed E-state index contributed by atoms with van der Waals surface area (Å²) >= 11 is 0. The van der Waals surface area contributed by atoms with Crippen LogP contribution in [0.5, 0.6) is 0 Å². The van der Waals surface area contributed by atoms with Crippen LogP contribution in [0.4, 0.5) is 0 Å². The van der Waals surface area contributed by atoms with Gasteiger partial charge in [0, 0.05) is 25.6 Å². The quantitative estimate of drug-likeness (QED) is 0.0212. The zero-order chi connectivity index (χ0) is 41.9. The third kappa shape index (κ3) is 13.9. The van der Waals surface area contributed by atoms with Gasteiger partial charge in [0.1, 0.15) is 6.04 Å². The van der Waals surface area contributed by atoms with E-state index in [-0.39, 0.29) is 61.3 Å². The first-order valence-corrected chi connectivity index (χ1v) is 20.8. The van der Waals surface area contributed by atoms with Crippen molar-refractivity contribution >= 4 is 35.5 Å². The molecule has 1 aliphatic carbocycles. The molecule has 0 saturated heterocycles. The first kappa shape index (κ1) is 45.3. The molecule has 0 bridgehead atoms. The molecule has 4 atom stereocenters. The first-order chi connectivity index (χ1) is 28.0. The molecule has 5 amide bonds. The Hall–Kier alpha value is -5.38. The van der Waals surface area contributed by atoms with Crippen molar-refractivity contribution in [1.29, 1.82) is 0 Å². The van der Waals surface area contributed by atoms with Crippen LogP contribution in [0.3, 0.4) is 0 Å². The molecule has 4 rings (SSSR count). The van der Waals surface area contributed by atoms with Crippen molar-refractivity contribution in [2.24, 2.45) is 22.6 Å². The van der Waals surface area contributed by atoms with E-state index in [1.165, 1.54) is 4.90 Å². The molecule has 1 aliphatic heterocycles. The molecule has 2 unspecified atom stereocenters. The fourth-order valence-corrected chi connectivity index (χ4v) is 7.82. The molecule has 16 heteroatoms. The van der Waals surface area contributed by atoms with E-state index in [0.717, 1.165) is 69.8 Å². The standard InChI is InChI=1S/C42H60N8O8/c1-2-25-44-39(54)36(51)35(28-29-17-8-7-9-18-29)47-38(53)34(24-16-26-45-42(43)48-50(57)58)46-37(52)31(30-19-11-12-20-30)21-10-5-3-4-6-15-27-49-40(55)32-22-13-14-23-33(32)41(49)56/h7-9,13-14,17-18,22-23,30-31,34-36,51H,2-6,10-12,15-16,19-21,24-28H2,1H3,(H,44,54)(H,46,52)(H,47,53)(H3,43,45,48)/t31?,34-,35-,36?/m0/s1. The lowest BCUT2D eigenvalue weighted by atomic mass is 9.85. The number of rotatable bonds is 25. The van der Waals surface area contributed by atoms with Crippen molar-refractivity contribution in [1.82, 2.24) is 26.3 Å². The number of hydrogen-bond acceptors (Lipinski definition) is 9. The number of nitrogens with one attached hydrogen (secondary N) is 4. The maximum atomic E-state index is 14.1. The number of guanidine groups is 1. The van der Waals surface area contributed by atoms with Gasteiger partial charge in [0.05, 0.1) is 17.2 Å². The minimum Gasteiger partial charge on any atom is -0.381 e. The Bertz CT molecular complexity index is 1680. The minimum atomic E-state index is -1.56. The zero-order valence-electron chi connectivity index (χ0n) is 33.5. The molecule has 0 radical (unpaired) electrons. The highest BCUT2D eigenvalue weighted by Gasteiger charge is 2.36. The number of aliphatic hydroxyl groups excluding tert-OH is 1. The van der Waals surface area contributed by atoms with E-state index in [4.69, 9.17) is 5.73 Å². The third-order valence-electron chi connectivity index (χ3n) is 10.9. The van der Waals surface area contributed by atoms with Gasteiger partial charge in [0.2, 0.25) is 11.8 Å². The molecule has 1 saturated carbocycles. The summed E-state index contributed by atoms with van der Waals surface area (Å²) in [5.41, 5.74) is 9.07. The van der Waals surface area contributed by atoms with Crippen LogP contribution in [-0.4, -0.2) is 88.4 Å². The topological polar surface area (TPSA) is 238 Å². The van der Waals surface area contributed by atoms with Crippen LogP contribution in [0.25, 0.3) is 0 Å². The highest BCUT2D eigenvalue weighted by Crippen LogP contribution is 2.34. The maximum absolute atomic E-state index is 14.1. The molecule has 58 heavy (non-hydrogen) atoms. The van der Waals surface area contributed by atoms with Gasteiger partial charge in [-0.2, -0.15) is 0 Å². The second-order valence-corrected chi connectivity index (χ2v) is 15.2. The number of benzene rings is 2. The number of nitrogens with two attached hydrogens (primary N) is 1. The van der Waals surface area contributed by atoms with Crippen molar-refractivity contribution < 1.29 is 34.1 Å². The number of aliphatic hydroxyl groups is 1. The van der Waals surface area contributed by atoms with E-state index < -0.39 is 35.0 Å². The summed E-state index contributed by atoms with van der Waals surface area (Å²) in [6.07, 6.45) is 9.39. The van der Waals surface area contributed by atoms with Gasteiger partial charge in [-0.1, -0.05) is 99.8 Å². The Morgan fingerprint density at radius 2 is 1.48 bits per heavy atom. The average Bonchev–Trinajstić information content (AvgIpc) is 3.83. The van der Waals surface area contributed by atoms with E-state index in [9.17, 15) is 39.2 Å². The number of carbonyl (C=O) groups is 5. The number of amides is 5. The average molecular weight is 805 g/mol. The molecule has 316 valence electrons. The number of aliphatic imine (C=N–C) groups is 1. The SMILES string of the molecule is CCCNC(=O)C(O)[C@H](Cc1ccccc1)NC(=O)[C@H](CCCN=C(N)N[N+](=O)[O-])NC(=O)C(CCCCCCCCN1C(=O)c2ccccc2C1=O)C1CCCC1. The largest absolute Gasteiger partial charge is 0.381 e. The summed E-state index contributed by atoms with van der Waals surface area (Å²) in [5, 5.41) is 29.6. The van der Waals surface area contributed by atoms with Crippen molar-refractivity contribution in [3.05, 3.63) is 81.4 Å². The van der Waals surface area contributed by atoms with Gasteiger partial charge in [0.15, 0.2) is 11.1 Å². The number of carbonyl (C=O) groups excluding carboxylic acids is 5. The predicted octanol–water partition coefficient (Wildman–Crippen LogP) is 3.80. The highest BCUT2D eigenvalue weighted by atomic mass is 16.7. The first-order valence-electron chi connectivity index (χ1n) is 20.8. The minimum absolute atomic E-state index is 0.0478. The monoisotopic (exact) mass is 804 g/mol. The van der Waals surface area contributed by atoms with Gasteiger partial charge in [-0.15, -0.1) is 0 Å². The molecule has 7 N–H and O–H groups in total. The number of fused-ring (bicyclic) bond motifs is 1. The van der Waals surface area contributed by atoms with Crippen LogP contribution < -0.4 is 27.1 Å². The fourth-order valence-electron chi connectivity index (χ4n) is 7.82. The van der Waals surface area contributed by atoms with Gasteiger partial charge >= 0.3 is 0 Å².